The molecule has 1 aliphatic heterocycles. The Bertz CT molecular complexity index is 668. The highest BCUT2D eigenvalue weighted by Crippen LogP contribution is 2.21. The van der Waals surface area contributed by atoms with Gasteiger partial charge in [-0.15, -0.1) is 0 Å². The molecule has 1 aromatic carbocycles. The zero-order valence-electron chi connectivity index (χ0n) is 15.2. The second-order valence-electron chi connectivity index (χ2n) is 6.66. The number of nitrogens with one attached hydrogen (secondary N) is 1. The Kier molecular flexibility index (Phi) is 7.25. The smallest absolute Gasteiger partial charge is 0.240 e. The number of nitrogens with zero attached hydrogens (tertiary/aromatic N) is 2. The Morgan fingerprint density at radius 1 is 1.16 bits per heavy atom. The number of likely N-dealkylation sites (tertiary alicyclic amines) is 1. The van der Waals surface area contributed by atoms with E-state index in [1.807, 2.05) is 19.1 Å². The number of anilines is 1. The van der Waals surface area contributed by atoms with E-state index in [1.54, 1.807) is 12.1 Å². The maximum atomic E-state index is 12.3. The quantitative estimate of drug-likeness (QED) is 0.797. The summed E-state index contributed by atoms with van der Waals surface area (Å²) in [6, 6.07) is 7.18. The van der Waals surface area contributed by atoms with E-state index in [2.05, 4.69) is 10.2 Å². The lowest BCUT2D eigenvalue weighted by molar-refractivity contribution is -0.119. The SMILES string of the molecule is Cc1ccccc1N(CC(=O)NCCN1CCCCCC1)S(C)(=O)=O. The molecular formula is C18H29N3O3S. The number of benzene rings is 1. The molecule has 0 saturated carbocycles. The van der Waals surface area contributed by atoms with E-state index in [0.29, 0.717) is 12.2 Å². The number of carbonyl (C=O) groups is 1. The van der Waals surface area contributed by atoms with Crippen molar-refractivity contribution in [2.24, 2.45) is 0 Å². The van der Waals surface area contributed by atoms with Gasteiger partial charge in [0.25, 0.3) is 0 Å². The highest BCUT2D eigenvalue weighted by molar-refractivity contribution is 7.92. The highest BCUT2D eigenvalue weighted by Gasteiger charge is 2.22. The van der Waals surface area contributed by atoms with Crippen LogP contribution in [0.4, 0.5) is 5.69 Å². The first-order valence-corrected chi connectivity index (χ1v) is 10.7. The maximum Gasteiger partial charge on any atom is 0.240 e. The molecule has 140 valence electrons. The van der Waals surface area contributed by atoms with Gasteiger partial charge in [0.15, 0.2) is 0 Å². The van der Waals surface area contributed by atoms with Crippen LogP contribution in [-0.4, -0.2) is 58.2 Å². The molecule has 1 fully saturated rings. The van der Waals surface area contributed by atoms with Crippen LogP contribution in [0.1, 0.15) is 31.2 Å². The van der Waals surface area contributed by atoms with Gasteiger partial charge in [-0.3, -0.25) is 9.10 Å². The number of hydrogen-bond acceptors (Lipinski definition) is 4. The Labute approximate surface area is 151 Å². The molecular weight excluding hydrogens is 338 g/mol. The van der Waals surface area contributed by atoms with E-state index in [4.69, 9.17) is 0 Å². The molecule has 1 N–H and O–H groups in total. The molecule has 1 heterocycles. The third kappa shape index (κ3) is 6.32. The average molecular weight is 368 g/mol. The fraction of sp³-hybridized carbons (Fsp3) is 0.611. The summed E-state index contributed by atoms with van der Waals surface area (Å²) in [6.07, 6.45) is 6.11. The molecule has 1 aliphatic rings. The lowest BCUT2D eigenvalue weighted by Gasteiger charge is -2.24. The van der Waals surface area contributed by atoms with Crippen molar-refractivity contribution in [2.45, 2.75) is 32.6 Å². The van der Waals surface area contributed by atoms with Crippen molar-refractivity contribution in [2.75, 3.05) is 43.3 Å². The van der Waals surface area contributed by atoms with Crippen LogP contribution in [-0.2, 0) is 14.8 Å². The van der Waals surface area contributed by atoms with E-state index < -0.39 is 10.0 Å². The lowest BCUT2D eigenvalue weighted by Crippen LogP contribution is -2.43. The van der Waals surface area contributed by atoms with Crippen LogP contribution in [0, 0.1) is 6.92 Å². The Balaban J connectivity index is 1.90. The second kappa shape index (κ2) is 9.20. The summed E-state index contributed by atoms with van der Waals surface area (Å²) in [5, 5.41) is 2.86. The predicted octanol–water partition coefficient (Wildman–Crippen LogP) is 1.75. The summed E-state index contributed by atoms with van der Waals surface area (Å²) in [7, 11) is -3.52. The molecule has 1 saturated heterocycles. The molecule has 25 heavy (non-hydrogen) atoms. The van der Waals surface area contributed by atoms with Gasteiger partial charge >= 0.3 is 0 Å². The van der Waals surface area contributed by atoms with Gasteiger partial charge in [0.1, 0.15) is 6.54 Å². The number of para-hydroxylation sites is 1. The molecule has 0 aliphatic carbocycles. The van der Waals surface area contributed by atoms with Gasteiger partial charge in [0.2, 0.25) is 15.9 Å². The summed E-state index contributed by atoms with van der Waals surface area (Å²) in [6.45, 7) is 5.16. The molecule has 1 amide bonds. The topological polar surface area (TPSA) is 69.7 Å². The zero-order valence-corrected chi connectivity index (χ0v) is 16.0. The number of hydrogen-bond donors (Lipinski definition) is 1. The van der Waals surface area contributed by atoms with Crippen LogP contribution in [0.2, 0.25) is 0 Å². The first-order chi connectivity index (χ1) is 11.9. The Morgan fingerprint density at radius 2 is 1.80 bits per heavy atom. The van der Waals surface area contributed by atoms with Gasteiger partial charge < -0.3 is 10.2 Å². The van der Waals surface area contributed by atoms with E-state index in [9.17, 15) is 13.2 Å². The first-order valence-electron chi connectivity index (χ1n) is 8.90. The number of carbonyl (C=O) groups excluding carboxylic acids is 1. The van der Waals surface area contributed by atoms with Crippen LogP contribution in [0.15, 0.2) is 24.3 Å². The van der Waals surface area contributed by atoms with Crippen LogP contribution in [0.5, 0.6) is 0 Å². The molecule has 0 spiro atoms. The van der Waals surface area contributed by atoms with Gasteiger partial charge in [0, 0.05) is 13.1 Å². The van der Waals surface area contributed by atoms with Crippen molar-refractivity contribution in [3.63, 3.8) is 0 Å². The van der Waals surface area contributed by atoms with Crippen LogP contribution < -0.4 is 9.62 Å². The largest absolute Gasteiger partial charge is 0.353 e. The minimum absolute atomic E-state index is 0.191. The van der Waals surface area contributed by atoms with Crippen molar-refractivity contribution < 1.29 is 13.2 Å². The number of sulfonamides is 1. The van der Waals surface area contributed by atoms with E-state index >= 15 is 0 Å². The summed E-state index contributed by atoms with van der Waals surface area (Å²) in [5.41, 5.74) is 1.37. The van der Waals surface area contributed by atoms with Crippen LogP contribution >= 0.6 is 0 Å². The van der Waals surface area contributed by atoms with Crippen molar-refractivity contribution in [1.82, 2.24) is 10.2 Å². The molecule has 2 rings (SSSR count). The number of rotatable bonds is 7. The first kappa shape index (κ1) is 19.7. The third-order valence-corrected chi connectivity index (χ3v) is 5.65. The van der Waals surface area contributed by atoms with E-state index in [1.165, 1.54) is 30.0 Å². The molecule has 6 nitrogen and oxygen atoms in total. The molecule has 0 bridgehead atoms. The zero-order chi connectivity index (χ0) is 18.3. The molecule has 7 heteroatoms. The predicted molar refractivity (Wildman–Crippen MR) is 101 cm³/mol. The molecule has 0 unspecified atom stereocenters. The van der Waals surface area contributed by atoms with Gasteiger partial charge in [-0.2, -0.15) is 0 Å². The summed E-state index contributed by atoms with van der Waals surface area (Å²) < 4.78 is 25.4. The average Bonchev–Trinajstić information content (AvgIpc) is 2.81. The summed E-state index contributed by atoms with van der Waals surface area (Å²) >= 11 is 0. The lowest BCUT2D eigenvalue weighted by atomic mass is 10.2. The number of amides is 1. The molecule has 0 atom stereocenters. The van der Waals surface area contributed by atoms with Gasteiger partial charge in [-0.1, -0.05) is 31.0 Å². The minimum atomic E-state index is -3.52. The minimum Gasteiger partial charge on any atom is -0.353 e. The fourth-order valence-corrected chi connectivity index (χ4v) is 4.04. The Hall–Kier alpha value is -1.60. The third-order valence-electron chi connectivity index (χ3n) is 4.52. The number of aryl methyl sites for hydroxylation is 1. The van der Waals surface area contributed by atoms with Crippen molar-refractivity contribution in [3.05, 3.63) is 29.8 Å². The fourth-order valence-electron chi connectivity index (χ4n) is 3.12. The Morgan fingerprint density at radius 3 is 2.40 bits per heavy atom. The maximum absolute atomic E-state index is 12.3. The van der Waals surface area contributed by atoms with Crippen molar-refractivity contribution in [3.8, 4) is 0 Å². The monoisotopic (exact) mass is 367 g/mol. The van der Waals surface area contributed by atoms with Crippen molar-refractivity contribution >= 4 is 21.6 Å². The van der Waals surface area contributed by atoms with Gasteiger partial charge in [0.05, 0.1) is 11.9 Å². The second-order valence-corrected chi connectivity index (χ2v) is 8.57. The molecule has 0 radical (unpaired) electrons. The standard InChI is InChI=1S/C18H29N3O3S/c1-16-9-5-6-10-17(16)21(25(2,23)24)15-18(22)19-11-14-20-12-7-3-4-8-13-20/h5-6,9-10H,3-4,7-8,11-15H2,1-2H3,(H,19,22). The molecule has 1 aromatic rings. The highest BCUT2D eigenvalue weighted by atomic mass is 32.2. The summed E-state index contributed by atoms with van der Waals surface area (Å²) in [4.78, 5) is 14.6. The van der Waals surface area contributed by atoms with E-state index in [0.717, 1.165) is 31.5 Å². The van der Waals surface area contributed by atoms with Gasteiger partial charge in [-0.05, 0) is 44.5 Å². The van der Waals surface area contributed by atoms with Crippen LogP contribution in [0.3, 0.4) is 0 Å². The van der Waals surface area contributed by atoms with Crippen LogP contribution in [0.25, 0.3) is 0 Å². The summed E-state index contributed by atoms with van der Waals surface area (Å²) in [5.74, 6) is -0.275. The van der Waals surface area contributed by atoms with Crippen molar-refractivity contribution in [1.29, 1.82) is 0 Å². The van der Waals surface area contributed by atoms with E-state index in [-0.39, 0.29) is 12.5 Å². The molecule has 0 aromatic heterocycles. The normalized spacial score (nSPS) is 16.2. The van der Waals surface area contributed by atoms with Gasteiger partial charge in [-0.25, -0.2) is 8.42 Å².